The molecule has 1 atom stereocenters. The largest absolute Gasteiger partial charge is 0.359 e. The van der Waals surface area contributed by atoms with Crippen LogP contribution in [0.4, 0.5) is 8.78 Å². The molecule has 2 rings (SSSR count). The lowest BCUT2D eigenvalue weighted by molar-refractivity contribution is -0.139. The Morgan fingerprint density at radius 1 is 1.25 bits per heavy atom. The normalized spacial score (nSPS) is 17.7. The Bertz CT molecular complexity index is 834. The van der Waals surface area contributed by atoms with Crippen LogP contribution in [0.5, 0.6) is 0 Å². The van der Waals surface area contributed by atoms with Gasteiger partial charge in [-0.1, -0.05) is 0 Å². The molecule has 0 spiro atoms. The Morgan fingerprint density at radius 2 is 1.93 bits per heavy atom. The van der Waals surface area contributed by atoms with Crippen LogP contribution in [0, 0.1) is 11.6 Å². The molecule has 1 saturated heterocycles. The van der Waals surface area contributed by atoms with Crippen molar-refractivity contribution in [1.29, 1.82) is 0 Å². The van der Waals surface area contributed by atoms with E-state index in [4.69, 9.17) is 4.74 Å². The van der Waals surface area contributed by atoms with Crippen LogP contribution in [0.3, 0.4) is 0 Å². The maximum absolute atomic E-state index is 13.9. The van der Waals surface area contributed by atoms with Gasteiger partial charge in [0.25, 0.3) is 0 Å². The van der Waals surface area contributed by atoms with Crippen LogP contribution in [0.2, 0.25) is 0 Å². The van der Waals surface area contributed by atoms with Crippen molar-refractivity contribution in [1.82, 2.24) is 19.8 Å². The molecule has 2 amide bonds. The summed E-state index contributed by atoms with van der Waals surface area (Å²) in [6, 6.07) is 2.10. The summed E-state index contributed by atoms with van der Waals surface area (Å²) >= 11 is 0. The maximum atomic E-state index is 13.9. The van der Waals surface area contributed by atoms with Crippen molar-refractivity contribution in [3.8, 4) is 0 Å². The Kier molecular flexibility index (Phi) is 7.41. The average molecular weight is 420 g/mol. The molecule has 1 aromatic rings. The van der Waals surface area contributed by atoms with E-state index in [1.807, 2.05) is 4.90 Å². The molecule has 1 fully saturated rings. The quantitative estimate of drug-likeness (QED) is 0.554. The molecule has 1 aliphatic rings. The minimum Gasteiger partial charge on any atom is -0.359 e. The second kappa shape index (κ2) is 9.37. The first kappa shape index (κ1) is 22.1. The summed E-state index contributed by atoms with van der Waals surface area (Å²) in [6.45, 7) is 0.379. The first-order valence-corrected chi connectivity index (χ1v) is 9.86. The van der Waals surface area contributed by atoms with Gasteiger partial charge in [-0.05, 0) is 32.3 Å². The second-order valence-electron chi connectivity index (χ2n) is 6.29. The van der Waals surface area contributed by atoms with Crippen LogP contribution in [0.15, 0.2) is 23.1 Å². The van der Waals surface area contributed by atoms with Gasteiger partial charge in [-0.15, -0.1) is 0 Å². The van der Waals surface area contributed by atoms with E-state index in [0.29, 0.717) is 18.7 Å². The molecule has 0 radical (unpaired) electrons. The molecule has 1 aliphatic heterocycles. The van der Waals surface area contributed by atoms with Crippen molar-refractivity contribution in [2.45, 2.75) is 11.1 Å². The van der Waals surface area contributed by atoms with E-state index < -0.39 is 44.6 Å². The van der Waals surface area contributed by atoms with E-state index in [0.717, 1.165) is 10.4 Å². The van der Waals surface area contributed by atoms with Crippen molar-refractivity contribution in [2.24, 2.45) is 0 Å². The fraction of sp³-hybridized carbons (Fsp3) is 0.500. The first-order valence-electron chi connectivity index (χ1n) is 8.42. The molecule has 1 aromatic carbocycles. The predicted molar refractivity (Wildman–Crippen MR) is 94.6 cm³/mol. The molecular weight excluding hydrogens is 398 g/mol. The average Bonchev–Trinajstić information content (AvgIpc) is 3.10. The van der Waals surface area contributed by atoms with Crippen molar-refractivity contribution in [2.75, 3.05) is 46.9 Å². The molecule has 12 heteroatoms. The lowest BCUT2D eigenvalue weighted by Gasteiger charge is -2.23. The number of benzene rings is 1. The van der Waals surface area contributed by atoms with Gasteiger partial charge in [-0.3, -0.25) is 9.59 Å². The molecule has 156 valence electrons. The van der Waals surface area contributed by atoms with Crippen molar-refractivity contribution >= 4 is 21.8 Å². The molecule has 1 heterocycles. The highest BCUT2D eigenvalue weighted by molar-refractivity contribution is 7.89. The van der Waals surface area contributed by atoms with Crippen LogP contribution < -0.4 is 10.6 Å². The van der Waals surface area contributed by atoms with Crippen LogP contribution in [0.25, 0.3) is 0 Å². The first-order chi connectivity index (χ1) is 13.1. The zero-order valence-electron chi connectivity index (χ0n) is 15.4. The SMILES string of the molecule is CN(C)CCNC(=O)C(=O)NC[C@@H]1OCCN1S(=O)(=O)c1cc(F)ccc1F. The molecule has 0 aliphatic carbocycles. The van der Waals surface area contributed by atoms with E-state index in [1.165, 1.54) is 0 Å². The number of carbonyl (C=O) groups is 2. The number of sulfonamides is 1. The zero-order valence-corrected chi connectivity index (χ0v) is 16.3. The fourth-order valence-corrected chi connectivity index (χ4v) is 4.06. The van der Waals surface area contributed by atoms with Crippen LogP contribution in [0.1, 0.15) is 0 Å². The molecule has 0 saturated carbocycles. The van der Waals surface area contributed by atoms with Gasteiger partial charge in [0, 0.05) is 19.6 Å². The van der Waals surface area contributed by atoms with Crippen LogP contribution in [-0.2, 0) is 24.3 Å². The standard InChI is InChI=1S/C16H22F2N4O5S/c1-21(2)6-5-19-15(23)16(24)20-10-14-22(7-8-27-14)28(25,26)13-9-11(17)3-4-12(13)18/h3-4,9,14H,5-8,10H2,1-2H3,(H,19,23)(H,20,24)/t14-/m0/s1. The lowest BCUT2D eigenvalue weighted by atomic mass is 10.3. The van der Waals surface area contributed by atoms with Gasteiger partial charge in [0.15, 0.2) is 0 Å². The number of hydrogen-bond acceptors (Lipinski definition) is 6. The number of rotatable bonds is 7. The van der Waals surface area contributed by atoms with Gasteiger partial charge in [0.05, 0.1) is 13.2 Å². The summed E-state index contributed by atoms with van der Waals surface area (Å²) in [5.41, 5.74) is 0. The summed E-state index contributed by atoms with van der Waals surface area (Å²) in [5, 5.41) is 4.69. The van der Waals surface area contributed by atoms with Gasteiger partial charge in [0.2, 0.25) is 10.0 Å². The number of carbonyl (C=O) groups excluding carboxylic acids is 2. The second-order valence-corrected chi connectivity index (χ2v) is 8.14. The molecule has 0 aromatic heterocycles. The van der Waals surface area contributed by atoms with Crippen molar-refractivity contribution < 1.29 is 31.5 Å². The van der Waals surface area contributed by atoms with Crippen LogP contribution in [-0.4, -0.2) is 82.5 Å². The number of amides is 2. The summed E-state index contributed by atoms with van der Waals surface area (Å²) < 4.78 is 58.6. The Hall–Kier alpha value is -2.15. The predicted octanol–water partition coefficient (Wildman–Crippen LogP) is -0.894. The molecular formula is C16H22F2N4O5S. The number of nitrogens with zero attached hydrogens (tertiary/aromatic N) is 2. The highest BCUT2D eigenvalue weighted by Gasteiger charge is 2.38. The third kappa shape index (κ3) is 5.44. The van der Waals surface area contributed by atoms with E-state index in [-0.39, 0.29) is 26.2 Å². The monoisotopic (exact) mass is 420 g/mol. The lowest BCUT2D eigenvalue weighted by Crippen LogP contribution is -2.48. The minimum absolute atomic E-state index is 0.00569. The van der Waals surface area contributed by atoms with E-state index >= 15 is 0 Å². The van der Waals surface area contributed by atoms with Gasteiger partial charge < -0.3 is 20.3 Å². The van der Waals surface area contributed by atoms with Gasteiger partial charge in [0.1, 0.15) is 22.8 Å². The third-order valence-electron chi connectivity index (χ3n) is 3.91. The minimum atomic E-state index is -4.40. The highest BCUT2D eigenvalue weighted by atomic mass is 32.2. The van der Waals surface area contributed by atoms with E-state index in [1.54, 1.807) is 14.1 Å². The molecule has 2 N–H and O–H groups in total. The third-order valence-corrected chi connectivity index (χ3v) is 5.81. The highest BCUT2D eigenvalue weighted by Crippen LogP contribution is 2.24. The Labute approximate surface area is 161 Å². The van der Waals surface area contributed by atoms with Crippen molar-refractivity contribution in [3.63, 3.8) is 0 Å². The number of likely N-dealkylation sites (N-methyl/N-ethyl adjacent to an activating group) is 1. The van der Waals surface area contributed by atoms with E-state index in [2.05, 4.69) is 10.6 Å². The van der Waals surface area contributed by atoms with Gasteiger partial charge in [-0.2, -0.15) is 4.31 Å². The zero-order chi connectivity index (χ0) is 20.9. The fourth-order valence-electron chi connectivity index (χ4n) is 2.48. The smallest absolute Gasteiger partial charge is 0.309 e. The Balaban J connectivity index is 2.00. The summed E-state index contributed by atoms with van der Waals surface area (Å²) in [6.07, 6.45) is -1.15. The topological polar surface area (TPSA) is 108 Å². The summed E-state index contributed by atoms with van der Waals surface area (Å²) in [4.78, 5) is 24.5. The molecule has 0 bridgehead atoms. The number of halogens is 2. The van der Waals surface area contributed by atoms with Crippen LogP contribution >= 0.6 is 0 Å². The molecule has 28 heavy (non-hydrogen) atoms. The van der Waals surface area contributed by atoms with Crippen molar-refractivity contribution in [3.05, 3.63) is 29.8 Å². The summed E-state index contributed by atoms with van der Waals surface area (Å²) in [5.74, 6) is -3.83. The molecule has 0 unspecified atom stereocenters. The van der Waals surface area contributed by atoms with Gasteiger partial charge in [-0.25, -0.2) is 17.2 Å². The number of hydrogen-bond donors (Lipinski definition) is 2. The van der Waals surface area contributed by atoms with Gasteiger partial charge >= 0.3 is 11.8 Å². The number of nitrogens with one attached hydrogen (secondary N) is 2. The molecule has 9 nitrogen and oxygen atoms in total. The summed E-state index contributed by atoms with van der Waals surface area (Å²) in [7, 11) is -0.786. The van der Waals surface area contributed by atoms with E-state index in [9.17, 15) is 26.8 Å². The Morgan fingerprint density at radius 3 is 2.61 bits per heavy atom. The maximum Gasteiger partial charge on any atom is 0.309 e. The number of ether oxygens (including phenoxy) is 1.